The minimum Gasteiger partial charge on any atom is -0.298 e. The summed E-state index contributed by atoms with van der Waals surface area (Å²) in [5.74, 6) is -2.25. The Hall–Kier alpha value is -3.24. The molecule has 2 aromatic rings. The average molecular weight is 288 g/mol. The standard InChI is InChI=1S/C18H12N2O2/c19-10-16(11-20)17(14-8-6-13(12-21)7-9-14)18(22)15-4-2-1-3-5-15/h1-9,12,16-17H. The van der Waals surface area contributed by atoms with E-state index in [0.29, 0.717) is 23.0 Å². The largest absolute Gasteiger partial charge is 0.298 e. The van der Waals surface area contributed by atoms with Crippen LogP contribution in [0.2, 0.25) is 0 Å². The van der Waals surface area contributed by atoms with E-state index in [-0.39, 0.29) is 5.78 Å². The molecule has 2 rings (SSSR count). The van der Waals surface area contributed by atoms with Crippen LogP contribution in [0.1, 0.15) is 32.2 Å². The molecule has 0 aromatic heterocycles. The van der Waals surface area contributed by atoms with Crippen LogP contribution in [0.5, 0.6) is 0 Å². The molecular formula is C18H12N2O2. The molecule has 1 atom stereocenters. The predicted molar refractivity (Wildman–Crippen MR) is 80.1 cm³/mol. The molecule has 0 spiro atoms. The van der Waals surface area contributed by atoms with Crippen LogP contribution in [-0.2, 0) is 0 Å². The first-order valence-electron chi connectivity index (χ1n) is 6.65. The Bertz CT molecular complexity index is 738. The van der Waals surface area contributed by atoms with Crippen molar-refractivity contribution in [2.45, 2.75) is 5.92 Å². The van der Waals surface area contributed by atoms with Crippen molar-refractivity contribution in [1.82, 2.24) is 0 Å². The Kier molecular flexibility index (Phi) is 4.80. The van der Waals surface area contributed by atoms with Crippen LogP contribution in [0.3, 0.4) is 0 Å². The Morgan fingerprint density at radius 1 is 0.955 bits per heavy atom. The monoisotopic (exact) mass is 288 g/mol. The first-order valence-corrected chi connectivity index (χ1v) is 6.65. The minimum atomic E-state index is -1.09. The molecule has 4 heteroatoms. The van der Waals surface area contributed by atoms with Crippen LogP contribution < -0.4 is 0 Å². The summed E-state index contributed by atoms with van der Waals surface area (Å²) in [4.78, 5) is 23.4. The lowest BCUT2D eigenvalue weighted by Crippen LogP contribution is -2.20. The molecular weight excluding hydrogens is 276 g/mol. The van der Waals surface area contributed by atoms with Gasteiger partial charge in [0.15, 0.2) is 5.78 Å². The van der Waals surface area contributed by atoms with E-state index >= 15 is 0 Å². The van der Waals surface area contributed by atoms with Gasteiger partial charge in [0.25, 0.3) is 0 Å². The lowest BCUT2D eigenvalue weighted by atomic mass is 9.81. The lowest BCUT2D eigenvalue weighted by Gasteiger charge is -2.17. The first kappa shape index (κ1) is 15.2. The van der Waals surface area contributed by atoms with E-state index in [1.807, 2.05) is 12.1 Å². The molecule has 1 unspecified atom stereocenters. The third-order valence-corrected chi connectivity index (χ3v) is 3.38. The van der Waals surface area contributed by atoms with Gasteiger partial charge in [-0.25, -0.2) is 0 Å². The summed E-state index contributed by atoms with van der Waals surface area (Å²) < 4.78 is 0. The van der Waals surface area contributed by atoms with Crippen molar-refractivity contribution in [3.63, 3.8) is 0 Å². The predicted octanol–water partition coefficient (Wildman–Crippen LogP) is 3.13. The highest BCUT2D eigenvalue weighted by atomic mass is 16.1. The smallest absolute Gasteiger partial charge is 0.172 e. The maximum absolute atomic E-state index is 12.7. The summed E-state index contributed by atoms with van der Waals surface area (Å²) in [6, 6.07) is 18.7. The number of aldehydes is 1. The van der Waals surface area contributed by atoms with Gasteiger partial charge in [-0.2, -0.15) is 10.5 Å². The molecule has 22 heavy (non-hydrogen) atoms. The van der Waals surface area contributed by atoms with Crippen molar-refractivity contribution in [1.29, 1.82) is 10.5 Å². The molecule has 2 aromatic carbocycles. The fraction of sp³-hybridized carbons (Fsp3) is 0.111. The molecule has 0 saturated carbocycles. The van der Waals surface area contributed by atoms with Gasteiger partial charge in [0.2, 0.25) is 0 Å². The number of nitriles is 2. The number of Topliss-reactive ketones (excluding diaryl/α,β-unsaturated/α-hetero) is 1. The summed E-state index contributed by atoms with van der Waals surface area (Å²) in [6.07, 6.45) is 0.698. The Balaban J connectivity index is 2.47. The highest BCUT2D eigenvalue weighted by Gasteiger charge is 2.30. The van der Waals surface area contributed by atoms with Gasteiger partial charge >= 0.3 is 0 Å². The molecule has 0 bridgehead atoms. The summed E-state index contributed by atoms with van der Waals surface area (Å²) >= 11 is 0. The van der Waals surface area contributed by atoms with E-state index in [9.17, 15) is 20.1 Å². The van der Waals surface area contributed by atoms with Gasteiger partial charge in [0.05, 0.1) is 18.1 Å². The van der Waals surface area contributed by atoms with E-state index in [4.69, 9.17) is 0 Å². The van der Waals surface area contributed by atoms with Gasteiger partial charge in [-0.05, 0) is 5.56 Å². The van der Waals surface area contributed by atoms with Crippen LogP contribution in [0.4, 0.5) is 0 Å². The topological polar surface area (TPSA) is 81.7 Å². The lowest BCUT2D eigenvalue weighted by molar-refractivity contribution is 0.0950. The van der Waals surface area contributed by atoms with Crippen LogP contribution in [-0.4, -0.2) is 12.1 Å². The van der Waals surface area contributed by atoms with Crippen molar-refractivity contribution in [2.24, 2.45) is 5.92 Å². The Labute approximate surface area is 128 Å². The highest BCUT2D eigenvalue weighted by molar-refractivity contribution is 6.01. The summed E-state index contributed by atoms with van der Waals surface area (Å²) in [7, 11) is 0. The second-order valence-electron chi connectivity index (χ2n) is 4.73. The van der Waals surface area contributed by atoms with Gasteiger partial charge in [-0.3, -0.25) is 9.59 Å². The number of rotatable bonds is 5. The van der Waals surface area contributed by atoms with Crippen LogP contribution in [0.25, 0.3) is 0 Å². The molecule has 4 nitrogen and oxygen atoms in total. The SMILES string of the molecule is N#CC(C#N)C(C(=O)c1ccccc1)c1ccc(C=O)cc1. The van der Waals surface area contributed by atoms with E-state index in [1.165, 1.54) is 0 Å². The van der Waals surface area contributed by atoms with Crippen LogP contribution in [0, 0.1) is 28.6 Å². The number of nitrogens with zero attached hydrogens (tertiary/aromatic N) is 2. The van der Waals surface area contributed by atoms with E-state index in [0.717, 1.165) is 0 Å². The summed E-state index contributed by atoms with van der Waals surface area (Å²) in [5.41, 5.74) is 1.47. The molecule has 106 valence electrons. The van der Waals surface area contributed by atoms with E-state index < -0.39 is 11.8 Å². The van der Waals surface area contributed by atoms with Gasteiger partial charge in [0, 0.05) is 11.1 Å². The first-order chi connectivity index (χ1) is 10.7. The zero-order chi connectivity index (χ0) is 15.9. The number of benzene rings is 2. The van der Waals surface area contributed by atoms with Crippen molar-refractivity contribution in [3.8, 4) is 12.1 Å². The van der Waals surface area contributed by atoms with Gasteiger partial charge < -0.3 is 0 Å². The Morgan fingerprint density at radius 2 is 1.55 bits per heavy atom. The van der Waals surface area contributed by atoms with Gasteiger partial charge in [-0.15, -0.1) is 0 Å². The van der Waals surface area contributed by atoms with Gasteiger partial charge in [0.1, 0.15) is 12.2 Å². The van der Waals surface area contributed by atoms with E-state index in [2.05, 4.69) is 0 Å². The molecule has 0 saturated heterocycles. The Morgan fingerprint density at radius 3 is 2.05 bits per heavy atom. The van der Waals surface area contributed by atoms with Gasteiger partial charge in [-0.1, -0.05) is 54.6 Å². The van der Waals surface area contributed by atoms with Crippen LogP contribution >= 0.6 is 0 Å². The maximum Gasteiger partial charge on any atom is 0.172 e. The molecule has 0 fully saturated rings. The second kappa shape index (κ2) is 6.97. The van der Waals surface area contributed by atoms with Crippen molar-refractivity contribution < 1.29 is 9.59 Å². The third-order valence-electron chi connectivity index (χ3n) is 3.38. The average Bonchev–Trinajstić information content (AvgIpc) is 2.60. The van der Waals surface area contributed by atoms with Crippen molar-refractivity contribution >= 4 is 12.1 Å². The fourth-order valence-electron chi connectivity index (χ4n) is 2.24. The molecule has 0 radical (unpaired) electrons. The number of ketones is 1. The van der Waals surface area contributed by atoms with Crippen molar-refractivity contribution in [2.75, 3.05) is 0 Å². The highest BCUT2D eigenvalue weighted by Crippen LogP contribution is 2.28. The maximum atomic E-state index is 12.7. The van der Waals surface area contributed by atoms with Crippen molar-refractivity contribution in [3.05, 3.63) is 71.3 Å². The number of carbonyl (C=O) groups excluding carboxylic acids is 2. The zero-order valence-corrected chi connectivity index (χ0v) is 11.6. The molecule has 0 aliphatic heterocycles. The number of hydrogen-bond donors (Lipinski definition) is 0. The second-order valence-corrected chi connectivity index (χ2v) is 4.73. The fourth-order valence-corrected chi connectivity index (χ4v) is 2.24. The third kappa shape index (κ3) is 3.08. The normalized spacial score (nSPS) is 11.2. The quantitative estimate of drug-likeness (QED) is 0.625. The van der Waals surface area contributed by atoms with E-state index in [1.54, 1.807) is 54.6 Å². The molecule has 0 amide bonds. The van der Waals surface area contributed by atoms with Crippen LogP contribution in [0.15, 0.2) is 54.6 Å². The zero-order valence-electron chi connectivity index (χ0n) is 11.6. The molecule has 0 aliphatic carbocycles. The molecule has 0 N–H and O–H groups in total. The number of hydrogen-bond acceptors (Lipinski definition) is 4. The minimum absolute atomic E-state index is 0.285. The molecule has 0 aliphatic rings. The summed E-state index contributed by atoms with van der Waals surface area (Å²) in [6.45, 7) is 0. The summed E-state index contributed by atoms with van der Waals surface area (Å²) in [5, 5.41) is 18.3. The molecule has 0 heterocycles. The number of carbonyl (C=O) groups is 2.